The first-order chi connectivity index (χ1) is 16.9. The van der Waals surface area contributed by atoms with Gasteiger partial charge in [0.2, 0.25) is 0 Å². The van der Waals surface area contributed by atoms with E-state index in [0.29, 0.717) is 27.8 Å². The predicted octanol–water partition coefficient (Wildman–Crippen LogP) is 3.59. The second-order valence-electron chi connectivity index (χ2n) is 6.86. The number of halogens is 2. The third-order valence-corrected chi connectivity index (χ3v) is 4.73. The molecule has 3 amide bonds. The molecular weight excluding hydrogens is 479 g/mol. The molecule has 3 aromatic carbocycles. The Morgan fingerprint density at radius 3 is 2.37 bits per heavy atom. The highest BCUT2D eigenvalue weighted by atomic mass is 35.5. The van der Waals surface area contributed by atoms with Gasteiger partial charge in [0.25, 0.3) is 5.91 Å². The van der Waals surface area contributed by atoms with Crippen LogP contribution >= 0.6 is 11.6 Å². The molecule has 9 nitrogen and oxygen atoms in total. The van der Waals surface area contributed by atoms with Crippen LogP contribution in [0, 0.1) is 5.82 Å². The largest absolute Gasteiger partial charge is 0.493 e. The SMILES string of the molecule is COc1cc(/C=N\NC(=O)C(=O)Nc2ccccc2F)ccc1OCC(=O)Nc1ccccc1Cl. The van der Waals surface area contributed by atoms with Gasteiger partial charge in [0.15, 0.2) is 18.1 Å². The highest BCUT2D eigenvalue weighted by Gasteiger charge is 2.15. The van der Waals surface area contributed by atoms with Crippen molar-refractivity contribution in [3.05, 3.63) is 83.1 Å². The van der Waals surface area contributed by atoms with Gasteiger partial charge in [0.1, 0.15) is 5.82 Å². The molecule has 11 heteroatoms. The Morgan fingerprint density at radius 1 is 0.943 bits per heavy atom. The average molecular weight is 499 g/mol. The monoisotopic (exact) mass is 498 g/mol. The minimum atomic E-state index is -1.08. The van der Waals surface area contributed by atoms with Crippen molar-refractivity contribution in [1.82, 2.24) is 5.43 Å². The molecule has 0 aliphatic carbocycles. The molecule has 3 rings (SSSR count). The number of methoxy groups -OCH3 is 1. The predicted molar refractivity (Wildman–Crippen MR) is 129 cm³/mol. The number of carbonyl (C=O) groups is 3. The van der Waals surface area contributed by atoms with Crippen LogP contribution in [0.2, 0.25) is 5.02 Å². The summed E-state index contributed by atoms with van der Waals surface area (Å²) < 4.78 is 24.4. The van der Waals surface area contributed by atoms with Gasteiger partial charge in [-0.2, -0.15) is 5.10 Å². The molecule has 0 saturated heterocycles. The van der Waals surface area contributed by atoms with Gasteiger partial charge in [0, 0.05) is 0 Å². The molecule has 0 aliphatic heterocycles. The van der Waals surface area contributed by atoms with E-state index in [2.05, 4.69) is 21.2 Å². The quantitative estimate of drug-likeness (QED) is 0.249. The van der Waals surface area contributed by atoms with E-state index >= 15 is 0 Å². The number of ether oxygens (including phenoxy) is 2. The lowest BCUT2D eigenvalue weighted by atomic mass is 10.2. The Kier molecular flexibility index (Phi) is 8.74. The Bertz CT molecular complexity index is 1270. The molecule has 35 heavy (non-hydrogen) atoms. The summed E-state index contributed by atoms with van der Waals surface area (Å²) in [5, 5.41) is 8.90. The molecule has 0 spiro atoms. The molecule has 0 heterocycles. The van der Waals surface area contributed by atoms with Crippen LogP contribution in [0.15, 0.2) is 71.8 Å². The van der Waals surface area contributed by atoms with E-state index in [0.717, 1.165) is 6.07 Å². The number of amides is 3. The van der Waals surface area contributed by atoms with Gasteiger partial charge in [-0.1, -0.05) is 35.9 Å². The number of hydrogen-bond acceptors (Lipinski definition) is 6. The van der Waals surface area contributed by atoms with E-state index in [-0.39, 0.29) is 12.3 Å². The molecule has 0 bridgehead atoms. The summed E-state index contributed by atoms with van der Waals surface area (Å²) in [4.78, 5) is 35.9. The van der Waals surface area contributed by atoms with Crippen LogP contribution in [0.5, 0.6) is 11.5 Å². The van der Waals surface area contributed by atoms with Crippen molar-refractivity contribution in [1.29, 1.82) is 0 Å². The lowest BCUT2D eigenvalue weighted by Crippen LogP contribution is -2.32. The molecule has 0 aromatic heterocycles. The summed E-state index contributed by atoms with van der Waals surface area (Å²) in [5.41, 5.74) is 2.89. The maximum atomic E-state index is 13.6. The van der Waals surface area contributed by atoms with Crippen molar-refractivity contribution in [2.45, 2.75) is 0 Å². The molecule has 0 aliphatic rings. The highest BCUT2D eigenvalue weighted by molar-refractivity contribution is 6.39. The topological polar surface area (TPSA) is 118 Å². The first kappa shape index (κ1) is 25.2. The fraction of sp³-hybridized carbons (Fsp3) is 0.0833. The van der Waals surface area contributed by atoms with E-state index in [1.807, 2.05) is 0 Å². The summed E-state index contributed by atoms with van der Waals surface area (Å²) in [6.07, 6.45) is 1.27. The van der Waals surface area contributed by atoms with Crippen LogP contribution in [0.3, 0.4) is 0 Å². The molecule has 3 aromatic rings. The van der Waals surface area contributed by atoms with Gasteiger partial charge < -0.3 is 20.1 Å². The van der Waals surface area contributed by atoms with Gasteiger partial charge >= 0.3 is 11.8 Å². The molecular formula is C24H20ClFN4O5. The number of hydrazone groups is 1. The highest BCUT2D eigenvalue weighted by Crippen LogP contribution is 2.28. The minimum absolute atomic E-state index is 0.127. The van der Waals surface area contributed by atoms with Gasteiger partial charge in [-0.25, -0.2) is 9.82 Å². The normalized spacial score (nSPS) is 10.5. The second-order valence-corrected chi connectivity index (χ2v) is 7.27. The third-order valence-electron chi connectivity index (χ3n) is 4.40. The Hall–Kier alpha value is -4.44. The number of nitrogens with zero attached hydrogens (tertiary/aromatic N) is 1. The third kappa shape index (κ3) is 7.27. The number of rotatable bonds is 8. The standard InChI is InChI=1S/C24H20ClFN4O5/c1-34-21-12-15(13-27-30-24(33)23(32)29-19-9-5-3-7-17(19)26)10-11-20(21)35-14-22(31)28-18-8-4-2-6-16(18)25/h2-13H,14H2,1H3,(H,28,31)(H,29,32)(H,30,33)/b27-13-. The van der Waals surface area contributed by atoms with E-state index in [1.54, 1.807) is 42.5 Å². The lowest BCUT2D eigenvalue weighted by Gasteiger charge is -2.12. The fourth-order valence-electron chi connectivity index (χ4n) is 2.73. The molecule has 0 radical (unpaired) electrons. The molecule has 0 fully saturated rings. The van der Waals surface area contributed by atoms with Crippen LogP contribution in [0.1, 0.15) is 5.56 Å². The number of benzene rings is 3. The van der Waals surface area contributed by atoms with Crippen molar-refractivity contribution in [2.75, 3.05) is 24.4 Å². The molecule has 0 saturated carbocycles. The summed E-state index contributed by atoms with van der Waals surface area (Å²) in [6.45, 7) is -0.289. The van der Waals surface area contributed by atoms with Gasteiger partial charge in [-0.05, 0) is 48.0 Å². The average Bonchev–Trinajstić information content (AvgIpc) is 2.85. The number of hydrogen-bond donors (Lipinski definition) is 3. The van der Waals surface area contributed by atoms with Crippen LogP contribution in [0.25, 0.3) is 0 Å². The molecule has 180 valence electrons. The van der Waals surface area contributed by atoms with E-state index in [9.17, 15) is 18.8 Å². The fourth-order valence-corrected chi connectivity index (χ4v) is 2.92. The van der Waals surface area contributed by atoms with E-state index < -0.39 is 23.5 Å². The van der Waals surface area contributed by atoms with Gasteiger partial charge in [-0.3, -0.25) is 14.4 Å². The zero-order valence-electron chi connectivity index (χ0n) is 18.4. The zero-order chi connectivity index (χ0) is 25.2. The van der Waals surface area contributed by atoms with Gasteiger partial charge in [-0.15, -0.1) is 0 Å². The first-order valence-corrected chi connectivity index (χ1v) is 10.5. The van der Waals surface area contributed by atoms with E-state index in [1.165, 1.54) is 31.5 Å². The van der Waals surface area contributed by atoms with Gasteiger partial charge in [0.05, 0.1) is 29.7 Å². The summed E-state index contributed by atoms with van der Waals surface area (Å²) >= 11 is 6.02. The number of para-hydroxylation sites is 2. The summed E-state index contributed by atoms with van der Waals surface area (Å²) in [6, 6.07) is 16.9. The second kappa shape index (κ2) is 12.1. The summed E-state index contributed by atoms with van der Waals surface area (Å²) in [7, 11) is 1.42. The van der Waals surface area contributed by atoms with E-state index in [4.69, 9.17) is 21.1 Å². The Morgan fingerprint density at radius 2 is 1.66 bits per heavy atom. The summed E-state index contributed by atoms with van der Waals surface area (Å²) in [5.74, 6) is -2.64. The van der Waals surface area contributed by atoms with Crippen molar-refractivity contribution in [2.24, 2.45) is 5.10 Å². The maximum Gasteiger partial charge on any atom is 0.329 e. The van der Waals surface area contributed by atoms with Crippen molar-refractivity contribution >= 4 is 46.9 Å². The Balaban J connectivity index is 1.54. The van der Waals surface area contributed by atoms with Crippen LogP contribution < -0.4 is 25.5 Å². The smallest absolute Gasteiger partial charge is 0.329 e. The van der Waals surface area contributed by atoms with Crippen LogP contribution in [-0.2, 0) is 14.4 Å². The van der Waals surface area contributed by atoms with Crippen LogP contribution in [-0.4, -0.2) is 37.7 Å². The molecule has 3 N–H and O–H groups in total. The molecule has 0 atom stereocenters. The minimum Gasteiger partial charge on any atom is -0.493 e. The lowest BCUT2D eigenvalue weighted by molar-refractivity contribution is -0.136. The molecule has 0 unspecified atom stereocenters. The van der Waals surface area contributed by atoms with Crippen molar-refractivity contribution < 1.29 is 28.2 Å². The first-order valence-electron chi connectivity index (χ1n) is 10.1. The van der Waals surface area contributed by atoms with Crippen molar-refractivity contribution in [3.63, 3.8) is 0 Å². The maximum absolute atomic E-state index is 13.6. The van der Waals surface area contributed by atoms with Crippen molar-refractivity contribution in [3.8, 4) is 11.5 Å². The number of anilines is 2. The van der Waals surface area contributed by atoms with Crippen LogP contribution in [0.4, 0.5) is 15.8 Å². The zero-order valence-corrected chi connectivity index (χ0v) is 19.1. The number of nitrogens with one attached hydrogen (secondary N) is 3. The number of carbonyl (C=O) groups excluding carboxylic acids is 3. The Labute approximate surface area is 204 Å².